The van der Waals surface area contributed by atoms with Gasteiger partial charge in [-0.25, -0.2) is 9.97 Å². The predicted octanol–water partition coefficient (Wildman–Crippen LogP) is 2.88. The molecule has 3 N–H and O–H groups in total. The Hall–Kier alpha value is -3.35. The van der Waals surface area contributed by atoms with E-state index in [2.05, 4.69) is 53.7 Å². The number of nitrogens with one attached hydrogen (secondary N) is 3. The summed E-state index contributed by atoms with van der Waals surface area (Å²) in [5.41, 5.74) is 5.34. The summed E-state index contributed by atoms with van der Waals surface area (Å²) in [6, 6.07) is 10.4. The summed E-state index contributed by atoms with van der Waals surface area (Å²) in [4.78, 5) is 34.6. The molecule has 2 heterocycles. The van der Waals surface area contributed by atoms with Gasteiger partial charge in [-0.15, -0.1) is 0 Å². The van der Waals surface area contributed by atoms with Gasteiger partial charge in [0.25, 0.3) is 5.91 Å². The van der Waals surface area contributed by atoms with Gasteiger partial charge in [0.1, 0.15) is 6.33 Å². The molecule has 27 heavy (non-hydrogen) atoms. The van der Waals surface area contributed by atoms with Crippen molar-refractivity contribution in [2.24, 2.45) is 0 Å². The monoisotopic (exact) mass is 477 g/mol. The Kier molecular flexibility index (Phi) is 5.71. The van der Waals surface area contributed by atoms with Crippen molar-refractivity contribution in [3.8, 4) is 0 Å². The molecule has 0 aliphatic rings. The van der Waals surface area contributed by atoms with Gasteiger partial charge in [0.2, 0.25) is 11.6 Å². The van der Waals surface area contributed by atoms with E-state index in [4.69, 9.17) is 0 Å². The first-order valence-corrected chi connectivity index (χ1v) is 8.61. The molecule has 10 nitrogen and oxygen atoms in total. The Morgan fingerprint density at radius 3 is 2.52 bits per heavy atom. The molecule has 0 unspecified atom stereocenters. The minimum atomic E-state index is -0.631. The van der Waals surface area contributed by atoms with E-state index in [0.717, 1.165) is 9.90 Å². The van der Waals surface area contributed by atoms with E-state index in [0.29, 0.717) is 11.3 Å². The standard InChI is InChI=1S/C16H12IN7O3/c17-11-3-5-12(6-4-11)21-14-13(24(26)27)15(20-9-19-14)22-23-16(25)10-2-1-7-18-8-10/h1-9H,(H,23,25)(H2,19,20,21,22). The number of amides is 1. The van der Waals surface area contributed by atoms with Crippen molar-refractivity contribution in [2.75, 3.05) is 10.7 Å². The number of halogens is 1. The van der Waals surface area contributed by atoms with Gasteiger partial charge in [0.05, 0.1) is 10.5 Å². The van der Waals surface area contributed by atoms with Crippen molar-refractivity contribution >= 4 is 51.5 Å². The van der Waals surface area contributed by atoms with E-state index >= 15 is 0 Å². The van der Waals surface area contributed by atoms with Crippen molar-refractivity contribution < 1.29 is 9.72 Å². The zero-order valence-corrected chi connectivity index (χ0v) is 15.7. The van der Waals surface area contributed by atoms with Crippen LogP contribution in [0.1, 0.15) is 10.4 Å². The number of hydrogen-bond acceptors (Lipinski definition) is 8. The minimum Gasteiger partial charge on any atom is -0.334 e. The van der Waals surface area contributed by atoms with Crippen LogP contribution in [0, 0.1) is 13.7 Å². The molecule has 2 aromatic heterocycles. The minimum absolute atomic E-state index is 0.00525. The molecule has 0 fully saturated rings. The molecule has 0 saturated heterocycles. The third kappa shape index (κ3) is 4.63. The summed E-state index contributed by atoms with van der Waals surface area (Å²) in [5.74, 6) is -0.669. The van der Waals surface area contributed by atoms with Gasteiger partial charge < -0.3 is 5.32 Å². The normalized spacial score (nSPS) is 10.1. The Morgan fingerprint density at radius 2 is 1.85 bits per heavy atom. The van der Waals surface area contributed by atoms with Crippen LogP contribution in [0.4, 0.5) is 23.0 Å². The topological polar surface area (TPSA) is 135 Å². The molecule has 1 amide bonds. The fourth-order valence-electron chi connectivity index (χ4n) is 2.09. The van der Waals surface area contributed by atoms with Crippen LogP contribution in [0.25, 0.3) is 0 Å². The van der Waals surface area contributed by atoms with Gasteiger partial charge in [-0.2, -0.15) is 0 Å². The molecule has 0 aliphatic carbocycles. The van der Waals surface area contributed by atoms with Crippen LogP contribution in [0.2, 0.25) is 0 Å². The second-order valence-electron chi connectivity index (χ2n) is 5.13. The van der Waals surface area contributed by atoms with Crippen molar-refractivity contribution in [2.45, 2.75) is 0 Å². The number of nitro groups is 1. The van der Waals surface area contributed by atoms with Crippen LogP contribution >= 0.6 is 22.6 Å². The van der Waals surface area contributed by atoms with Gasteiger partial charge in [-0.05, 0) is 59.0 Å². The molecule has 0 aliphatic heterocycles. The molecular formula is C16H12IN7O3. The summed E-state index contributed by atoms with van der Waals surface area (Å²) in [6.07, 6.45) is 4.05. The summed E-state index contributed by atoms with van der Waals surface area (Å²) < 4.78 is 1.02. The Bertz CT molecular complexity index is 968. The highest BCUT2D eigenvalue weighted by atomic mass is 127. The van der Waals surface area contributed by atoms with Gasteiger partial charge in [0.15, 0.2) is 0 Å². The average molecular weight is 477 g/mol. The first-order valence-electron chi connectivity index (χ1n) is 7.53. The summed E-state index contributed by atoms with van der Waals surface area (Å²) in [7, 11) is 0. The van der Waals surface area contributed by atoms with Crippen LogP contribution in [0.3, 0.4) is 0 Å². The van der Waals surface area contributed by atoms with Crippen LogP contribution in [0.5, 0.6) is 0 Å². The van der Waals surface area contributed by atoms with Gasteiger partial charge in [-0.3, -0.25) is 30.7 Å². The van der Waals surface area contributed by atoms with E-state index in [-0.39, 0.29) is 11.6 Å². The van der Waals surface area contributed by atoms with E-state index in [1.165, 1.54) is 12.4 Å². The highest BCUT2D eigenvalue weighted by Gasteiger charge is 2.23. The molecule has 3 aromatic rings. The number of benzene rings is 1. The summed E-state index contributed by atoms with van der Waals surface area (Å²) in [5, 5.41) is 14.4. The number of hydrogen-bond donors (Lipinski definition) is 3. The van der Waals surface area contributed by atoms with Crippen LogP contribution in [-0.4, -0.2) is 25.8 Å². The zero-order valence-electron chi connectivity index (χ0n) is 13.6. The van der Waals surface area contributed by atoms with Crippen LogP contribution < -0.4 is 16.2 Å². The van der Waals surface area contributed by atoms with Gasteiger partial charge >= 0.3 is 5.69 Å². The number of anilines is 3. The lowest BCUT2D eigenvalue weighted by Crippen LogP contribution is -2.30. The Balaban J connectivity index is 1.82. The average Bonchev–Trinajstić information content (AvgIpc) is 2.68. The van der Waals surface area contributed by atoms with E-state index < -0.39 is 16.5 Å². The van der Waals surface area contributed by atoms with E-state index in [1.807, 2.05) is 12.1 Å². The highest BCUT2D eigenvalue weighted by molar-refractivity contribution is 14.1. The molecule has 3 rings (SSSR count). The molecule has 136 valence electrons. The molecular weight excluding hydrogens is 465 g/mol. The van der Waals surface area contributed by atoms with Crippen LogP contribution in [0.15, 0.2) is 55.1 Å². The second kappa shape index (κ2) is 8.35. The molecule has 11 heteroatoms. The Labute approximate surface area is 166 Å². The van der Waals surface area contributed by atoms with Gasteiger partial charge in [0, 0.05) is 21.7 Å². The lowest BCUT2D eigenvalue weighted by molar-refractivity contribution is -0.383. The molecule has 0 spiro atoms. The smallest absolute Gasteiger partial charge is 0.334 e. The van der Waals surface area contributed by atoms with Gasteiger partial charge in [-0.1, -0.05) is 0 Å². The molecule has 0 radical (unpaired) electrons. The lowest BCUT2D eigenvalue weighted by Gasteiger charge is -2.11. The number of carbonyl (C=O) groups is 1. The largest absolute Gasteiger partial charge is 0.355 e. The lowest BCUT2D eigenvalue weighted by atomic mass is 10.3. The highest BCUT2D eigenvalue weighted by Crippen LogP contribution is 2.30. The third-order valence-electron chi connectivity index (χ3n) is 3.33. The maximum Gasteiger partial charge on any atom is 0.355 e. The SMILES string of the molecule is O=C(NNc1ncnc(Nc2ccc(I)cc2)c1[N+](=O)[O-])c1cccnc1. The van der Waals surface area contributed by atoms with Crippen LogP contribution in [-0.2, 0) is 0 Å². The number of rotatable bonds is 6. The fraction of sp³-hybridized carbons (Fsp3) is 0. The van der Waals surface area contributed by atoms with Crippen molar-refractivity contribution in [1.82, 2.24) is 20.4 Å². The first kappa shape index (κ1) is 18.4. The maximum atomic E-state index is 12.1. The molecule has 0 saturated carbocycles. The number of nitrogens with zero attached hydrogens (tertiary/aromatic N) is 4. The number of hydrazine groups is 1. The van der Waals surface area contributed by atoms with Crippen molar-refractivity contribution in [1.29, 1.82) is 0 Å². The second-order valence-corrected chi connectivity index (χ2v) is 6.37. The number of carbonyl (C=O) groups excluding carboxylic acids is 1. The quantitative estimate of drug-likeness (QED) is 0.280. The third-order valence-corrected chi connectivity index (χ3v) is 4.05. The molecule has 0 bridgehead atoms. The Morgan fingerprint density at radius 1 is 1.11 bits per heavy atom. The summed E-state index contributed by atoms with van der Waals surface area (Å²) >= 11 is 2.16. The van der Waals surface area contributed by atoms with E-state index in [9.17, 15) is 14.9 Å². The fourth-order valence-corrected chi connectivity index (χ4v) is 2.45. The maximum absolute atomic E-state index is 12.1. The van der Waals surface area contributed by atoms with Crippen molar-refractivity contribution in [3.63, 3.8) is 0 Å². The predicted molar refractivity (Wildman–Crippen MR) is 106 cm³/mol. The number of aromatic nitrogens is 3. The number of pyridine rings is 1. The molecule has 0 atom stereocenters. The molecule has 1 aromatic carbocycles. The summed E-state index contributed by atoms with van der Waals surface area (Å²) in [6.45, 7) is 0. The first-order chi connectivity index (χ1) is 13.0. The zero-order chi connectivity index (χ0) is 19.2. The van der Waals surface area contributed by atoms with E-state index in [1.54, 1.807) is 24.3 Å². The van der Waals surface area contributed by atoms with Crippen molar-refractivity contribution in [3.05, 3.63) is 74.4 Å².